The number of nitrogens with zero attached hydrogens (tertiary/aromatic N) is 1. The highest BCUT2D eigenvalue weighted by Crippen LogP contribution is 2.27. The quantitative estimate of drug-likeness (QED) is 0.735. The lowest BCUT2D eigenvalue weighted by Gasteiger charge is -2.09. The van der Waals surface area contributed by atoms with E-state index >= 15 is 0 Å². The first-order chi connectivity index (χ1) is 7.06. The van der Waals surface area contributed by atoms with Crippen LogP contribution in [0.4, 0.5) is 0 Å². The van der Waals surface area contributed by atoms with Crippen LogP contribution in [0.5, 0.6) is 0 Å². The van der Waals surface area contributed by atoms with E-state index in [9.17, 15) is 0 Å². The van der Waals surface area contributed by atoms with E-state index in [1.807, 2.05) is 0 Å². The van der Waals surface area contributed by atoms with Gasteiger partial charge in [0.15, 0.2) is 0 Å². The number of nitrogens with one attached hydrogen (secondary N) is 1. The fourth-order valence-electron chi connectivity index (χ4n) is 1.96. The van der Waals surface area contributed by atoms with Crippen LogP contribution in [-0.2, 0) is 5.88 Å². The smallest absolute Gasteiger partial charge is 0.122 e. The van der Waals surface area contributed by atoms with Gasteiger partial charge in [-0.2, -0.15) is 0 Å². The van der Waals surface area contributed by atoms with Gasteiger partial charge in [0, 0.05) is 0 Å². The molecule has 0 spiro atoms. The van der Waals surface area contributed by atoms with E-state index in [1.54, 1.807) is 0 Å². The van der Waals surface area contributed by atoms with Gasteiger partial charge in [-0.1, -0.05) is 0 Å². The maximum Gasteiger partial charge on any atom is 0.122 e. The topological polar surface area (TPSA) is 28.7 Å². The van der Waals surface area contributed by atoms with Crippen molar-refractivity contribution in [3.63, 3.8) is 0 Å². The van der Waals surface area contributed by atoms with Crippen LogP contribution in [0.2, 0.25) is 0 Å². The van der Waals surface area contributed by atoms with Crippen LogP contribution in [0.1, 0.15) is 28.1 Å². The SMILES string of the molecule is Cc1c(C)c(C)c2[nH]c(CCl)nc2c1C. The molecule has 0 amide bonds. The summed E-state index contributed by atoms with van der Waals surface area (Å²) in [5.41, 5.74) is 7.38. The molecule has 0 aliphatic carbocycles. The predicted octanol–water partition coefficient (Wildman–Crippen LogP) is 3.54. The van der Waals surface area contributed by atoms with Gasteiger partial charge in [0.2, 0.25) is 0 Å². The second-order valence-electron chi connectivity index (χ2n) is 4.04. The molecule has 1 N–H and O–H groups in total. The lowest BCUT2D eigenvalue weighted by Crippen LogP contribution is -1.92. The molecule has 2 nitrogen and oxygen atoms in total. The number of aromatic nitrogens is 2. The molecular weight excluding hydrogens is 208 g/mol. The second-order valence-corrected chi connectivity index (χ2v) is 4.31. The molecule has 0 saturated carbocycles. The molecule has 2 aromatic rings. The largest absolute Gasteiger partial charge is 0.341 e. The number of fused-ring (bicyclic) bond motifs is 1. The highest BCUT2D eigenvalue weighted by Gasteiger charge is 2.12. The number of aryl methyl sites for hydroxylation is 2. The zero-order valence-electron chi connectivity index (χ0n) is 9.53. The summed E-state index contributed by atoms with van der Waals surface area (Å²) in [5.74, 6) is 1.29. The lowest BCUT2D eigenvalue weighted by molar-refractivity contribution is 1.13. The van der Waals surface area contributed by atoms with Gasteiger partial charge < -0.3 is 4.98 Å². The number of aromatic amines is 1. The summed E-state index contributed by atoms with van der Waals surface area (Å²) in [7, 11) is 0. The van der Waals surface area contributed by atoms with Crippen molar-refractivity contribution in [3.05, 3.63) is 28.1 Å². The minimum atomic E-state index is 0.436. The molecule has 0 aliphatic rings. The zero-order chi connectivity index (χ0) is 11.2. The van der Waals surface area contributed by atoms with Gasteiger partial charge in [0.1, 0.15) is 5.82 Å². The van der Waals surface area contributed by atoms with Crippen LogP contribution < -0.4 is 0 Å². The molecule has 0 atom stereocenters. The highest BCUT2D eigenvalue weighted by atomic mass is 35.5. The van der Waals surface area contributed by atoms with Crippen LogP contribution in [-0.4, -0.2) is 9.97 Å². The van der Waals surface area contributed by atoms with Crippen molar-refractivity contribution >= 4 is 22.6 Å². The number of benzene rings is 1. The van der Waals surface area contributed by atoms with E-state index < -0.39 is 0 Å². The number of halogens is 1. The fraction of sp³-hybridized carbons (Fsp3) is 0.417. The third-order valence-corrected chi connectivity index (χ3v) is 3.55. The summed E-state index contributed by atoms with van der Waals surface area (Å²) in [6, 6.07) is 0. The summed E-state index contributed by atoms with van der Waals surface area (Å²) in [6.45, 7) is 8.54. The van der Waals surface area contributed by atoms with E-state index in [1.165, 1.54) is 22.3 Å². The van der Waals surface area contributed by atoms with E-state index in [0.717, 1.165) is 16.9 Å². The van der Waals surface area contributed by atoms with Crippen molar-refractivity contribution in [2.75, 3.05) is 0 Å². The average Bonchev–Trinajstić information content (AvgIpc) is 2.67. The summed E-state index contributed by atoms with van der Waals surface area (Å²) in [6.07, 6.45) is 0. The van der Waals surface area contributed by atoms with Crippen LogP contribution in [0.25, 0.3) is 11.0 Å². The van der Waals surface area contributed by atoms with Crippen LogP contribution in [0.3, 0.4) is 0 Å². The molecule has 2 rings (SSSR count). The molecule has 1 aromatic carbocycles. The van der Waals surface area contributed by atoms with Crippen LogP contribution >= 0.6 is 11.6 Å². The standard InChI is InChI=1S/C12H15ClN2/c1-6-7(2)9(4)12-11(8(6)3)14-10(5-13)15-12/h5H2,1-4H3,(H,14,15). The van der Waals surface area contributed by atoms with Gasteiger partial charge in [-0.3, -0.25) is 0 Å². The van der Waals surface area contributed by atoms with Gasteiger partial charge in [0.05, 0.1) is 16.9 Å². The Morgan fingerprint density at radius 3 is 2.20 bits per heavy atom. The third-order valence-electron chi connectivity index (χ3n) is 3.30. The summed E-state index contributed by atoms with van der Waals surface area (Å²) < 4.78 is 0. The Hall–Kier alpha value is -1.02. The summed E-state index contributed by atoms with van der Waals surface area (Å²) >= 11 is 5.79. The minimum Gasteiger partial charge on any atom is -0.341 e. The highest BCUT2D eigenvalue weighted by molar-refractivity contribution is 6.16. The Morgan fingerprint density at radius 2 is 1.60 bits per heavy atom. The number of rotatable bonds is 1. The molecule has 0 unspecified atom stereocenters. The molecule has 3 heteroatoms. The number of alkyl halides is 1. The monoisotopic (exact) mass is 222 g/mol. The van der Waals surface area contributed by atoms with Crippen molar-refractivity contribution in [1.82, 2.24) is 9.97 Å². The number of hydrogen-bond acceptors (Lipinski definition) is 1. The summed E-state index contributed by atoms with van der Waals surface area (Å²) in [5, 5.41) is 0. The van der Waals surface area contributed by atoms with E-state index in [-0.39, 0.29) is 0 Å². The van der Waals surface area contributed by atoms with Gasteiger partial charge in [0.25, 0.3) is 0 Å². The van der Waals surface area contributed by atoms with Gasteiger partial charge in [-0.05, 0) is 49.9 Å². The molecule has 0 saturated heterocycles. The van der Waals surface area contributed by atoms with E-state index in [4.69, 9.17) is 11.6 Å². The predicted molar refractivity (Wildman–Crippen MR) is 64.6 cm³/mol. The maximum absolute atomic E-state index is 5.79. The number of H-pyrrole nitrogens is 1. The minimum absolute atomic E-state index is 0.436. The molecular formula is C12H15ClN2. The zero-order valence-corrected chi connectivity index (χ0v) is 10.3. The van der Waals surface area contributed by atoms with Crippen LogP contribution in [0, 0.1) is 27.7 Å². The van der Waals surface area contributed by atoms with Crippen LogP contribution in [0.15, 0.2) is 0 Å². The average molecular weight is 223 g/mol. The first-order valence-electron chi connectivity index (χ1n) is 5.07. The first-order valence-corrected chi connectivity index (χ1v) is 5.60. The first kappa shape index (κ1) is 10.5. The molecule has 0 bridgehead atoms. The molecule has 1 aromatic heterocycles. The third kappa shape index (κ3) is 1.44. The number of imidazole rings is 1. The number of hydrogen-bond donors (Lipinski definition) is 1. The second kappa shape index (κ2) is 3.53. The van der Waals surface area contributed by atoms with Crippen molar-refractivity contribution in [3.8, 4) is 0 Å². The summed E-state index contributed by atoms with van der Waals surface area (Å²) in [4.78, 5) is 7.79. The van der Waals surface area contributed by atoms with Crippen molar-refractivity contribution in [1.29, 1.82) is 0 Å². The maximum atomic E-state index is 5.79. The normalized spacial score (nSPS) is 11.3. The lowest BCUT2D eigenvalue weighted by atomic mass is 9.98. The Balaban J connectivity index is 2.90. The molecule has 0 fully saturated rings. The Bertz CT molecular complexity index is 481. The fourth-order valence-corrected chi connectivity index (χ4v) is 2.08. The molecule has 1 heterocycles. The van der Waals surface area contributed by atoms with Crippen molar-refractivity contribution in [2.45, 2.75) is 33.6 Å². The van der Waals surface area contributed by atoms with Crippen molar-refractivity contribution < 1.29 is 0 Å². The molecule has 15 heavy (non-hydrogen) atoms. The van der Waals surface area contributed by atoms with Gasteiger partial charge >= 0.3 is 0 Å². The van der Waals surface area contributed by atoms with E-state index in [2.05, 4.69) is 37.7 Å². The van der Waals surface area contributed by atoms with Crippen molar-refractivity contribution in [2.24, 2.45) is 0 Å². The Morgan fingerprint density at radius 1 is 1.00 bits per heavy atom. The molecule has 80 valence electrons. The molecule has 0 aliphatic heterocycles. The Labute approximate surface area is 94.7 Å². The molecule has 0 radical (unpaired) electrons. The Kier molecular flexibility index (Phi) is 2.47. The van der Waals surface area contributed by atoms with E-state index in [0.29, 0.717) is 5.88 Å². The van der Waals surface area contributed by atoms with Gasteiger partial charge in [-0.15, -0.1) is 11.6 Å². The van der Waals surface area contributed by atoms with Gasteiger partial charge in [-0.25, -0.2) is 4.98 Å².